The van der Waals surface area contributed by atoms with Crippen LogP contribution in [0.3, 0.4) is 0 Å². The fraction of sp³-hybridized carbons (Fsp3) is 0.276. The molecule has 3 heterocycles. The molecule has 0 radical (unpaired) electrons. The van der Waals surface area contributed by atoms with Crippen LogP contribution in [0.15, 0.2) is 65.7 Å². The smallest absolute Gasteiger partial charge is 0.271 e. The summed E-state index contributed by atoms with van der Waals surface area (Å²) in [5.74, 6) is 1.13. The lowest BCUT2D eigenvalue weighted by Crippen LogP contribution is -2.43. The fourth-order valence-corrected chi connectivity index (χ4v) is 5.05. The second-order valence-electron chi connectivity index (χ2n) is 9.90. The zero-order valence-corrected chi connectivity index (χ0v) is 21.6. The highest BCUT2D eigenvalue weighted by Crippen LogP contribution is 2.36. The highest BCUT2D eigenvalue weighted by atomic mass is 16.6. The van der Waals surface area contributed by atoms with Gasteiger partial charge in [0.05, 0.1) is 27.4 Å². The van der Waals surface area contributed by atoms with Crippen molar-refractivity contribution < 1.29 is 19.5 Å². The summed E-state index contributed by atoms with van der Waals surface area (Å²) in [6, 6.07) is 18.1. The van der Waals surface area contributed by atoms with Gasteiger partial charge in [-0.2, -0.15) is 0 Å². The molecule has 10 heteroatoms. The van der Waals surface area contributed by atoms with Gasteiger partial charge in [0.15, 0.2) is 17.4 Å². The number of fused-ring (bicyclic) bond motifs is 2. The van der Waals surface area contributed by atoms with Crippen LogP contribution < -0.4 is 9.47 Å². The molecule has 0 saturated carbocycles. The molecule has 2 aliphatic heterocycles. The van der Waals surface area contributed by atoms with Gasteiger partial charge in [-0.15, -0.1) is 0 Å². The highest BCUT2D eigenvalue weighted by molar-refractivity contribution is 6.22. The van der Waals surface area contributed by atoms with Crippen LogP contribution in [0.25, 0.3) is 10.9 Å². The first-order valence-corrected chi connectivity index (χ1v) is 12.9. The molecular formula is C29H29N5O5. The number of aromatic hydroxyl groups is 1. The van der Waals surface area contributed by atoms with E-state index < -0.39 is 4.92 Å². The monoisotopic (exact) mass is 527 g/mol. The Morgan fingerprint density at radius 3 is 2.49 bits per heavy atom. The second-order valence-corrected chi connectivity index (χ2v) is 9.90. The van der Waals surface area contributed by atoms with Crippen molar-refractivity contribution in [1.29, 1.82) is 0 Å². The van der Waals surface area contributed by atoms with E-state index in [4.69, 9.17) is 14.5 Å². The fourth-order valence-electron chi connectivity index (χ4n) is 5.05. The normalized spacial score (nSPS) is 16.5. The maximum Gasteiger partial charge on any atom is 0.271 e. The van der Waals surface area contributed by atoms with Gasteiger partial charge in [-0.1, -0.05) is 12.1 Å². The van der Waals surface area contributed by atoms with Crippen molar-refractivity contribution in [2.24, 2.45) is 4.99 Å². The molecule has 0 bridgehead atoms. The van der Waals surface area contributed by atoms with Gasteiger partial charge in [0, 0.05) is 55.8 Å². The summed E-state index contributed by atoms with van der Waals surface area (Å²) in [7, 11) is 2.15. The maximum absolute atomic E-state index is 11.3. The molecule has 0 spiro atoms. The summed E-state index contributed by atoms with van der Waals surface area (Å²) in [5.41, 5.74) is 4.00. The Morgan fingerprint density at radius 2 is 1.74 bits per heavy atom. The average Bonchev–Trinajstić information content (AvgIpc) is 3.28. The molecule has 6 rings (SSSR count). The van der Waals surface area contributed by atoms with E-state index >= 15 is 0 Å². The first kappa shape index (κ1) is 24.9. The lowest BCUT2D eigenvalue weighted by atomic mass is 10.00. The Bertz CT molecular complexity index is 1550. The predicted octanol–water partition coefficient (Wildman–Crippen LogP) is 4.47. The van der Waals surface area contributed by atoms with Gasteiger partial charge in [0.1, 0.15) is 13.2 Å². The molecule has 1 saturated heterocycles. The highest BCUT2D eigenvalue weighted by Gasteiger charge is 2.23. The SMILES string of the molecule is CN1CCN(Cc2ccc(N=C(c3ccc4c(c3)OCCO4)c3c(O)[nH]c4cc([N+](=O)[O-])ccc34)cc2)CC1. The third-order valence-corrected chi connectivity index (χ3v) is 7.20. The standard InChI is InChI=1S/C29H29N5O5/c1-32-10-12-33(13-11-32)18-19-2-5-21(6-3-19)30-28(20-4-9-25-26(16-20)39-15-14-38-25)27-23-8-7-22(34(36)37)17-24(23)31-29(27)35/h2-9,16-17,31,35H,10-15,18H2,1H3. The number of likely N-dealkylation sites (N-methyl/N-ethyl adjacent to an activating group) is 1. The summed E-state index contributed by atoms with van der Waals surface area (Å²) in [5, 5.41) is 22.9. The zero-order chi connectivity index (χ0) is 26.9. The van der Waals surface area contributed by atoms with E-state index in [9.17, 15) is 15.2 Å². The molecule has 1 fully saturated rings. The number of piperazine rings is 1. The van der Waals surface area contributed by atoms with Gasteiger partial charge < -0.3 is 24.5 Å². The minimum absolute atomic E-state index is 0.0657. The van der Waals surface area contributed by atoms with Crippen LogP contribution in [0.2, 0.25) is 0 Å². The Labute approximate surface area is 225 Å². The van der Waals surface area contributed by atoms with Crippen molar-refractivity contribution in [2.75, 3.05) is 46.4 Å². The van der Waals surface area contributed by atoms with Crippen LogP contribution in [0, 0.1) is 10.1 Å². The number of hydrogen-bond donors (Lipinski definition) is 2. The van der Waals surface area contributed by atoms with E-state index in [1.165, 1.54) is 17.7 Å². The Kier molecular flexibility index (Phi) is 6.64. The average molecular weight is 528 g/mol. The molecule has 0 aliphatic carbocycles. The third-order valence-electron chi connectivity index (χ3n) is 7.20. The van der Waals surface area contributed by atoms with Crippen molar-refractivity contribution in [3.8, 4) is 17.4 Å². The number of aliphatic imine (C=N–C) groups is 1. The van der Waals surface area contributed by atoms with Crippen molar-refractivity contribution in [1.82, 2.24) is 14.8 Å². The number of nitrogens with zero attached hydrogens (tertiary/aromatic N) is 4. The molecule has 2 N–H and O–H groups in total. The van der Waals surface area contributed by atoms with E-state index in [0.29, 0.717) is 46.9 Å². The Morgan fingerprint density at radius 1 is 1.00 bits per heavy atom. The quantitative estimate of drug-likeness (QED) is 0.216. The number of benzene rings is 3. The summed E-state index contributed by atoms with van der Waals surface area (Å²) in [6.07, 6.45) is 0. The number of ether oxygens (including phenoxy) is 2. The van der Waals surface area contributed by atoms with Crippen LogP contribution in [0.5, 0.6) is 17.4 Å². The van der Waals surface area contributed by atoms with Gasteiger partial charge in [-0.3, -0.25) is 15.0 Å². The topological polar surface area (TPSA) is 116 Å². The molecule has 0 unspecified atom stereocenters. The number of nitrogens with one attached hydrogen (secondary N) is 1. The molecule has 3 aromatic carbocycles. The first-order valence-electron chi connectivity index (χ1n) is 12.9. The lowest BCUT2D eigenvalue weighted by molar-refractivity contribution is -0.384. The van der Waals surface area contributed by atoms with Crippen molar-refractivity contribution in [3.05, 3.63) is 87.5 Å². The van der Waals surface area contributed by atoms with E-state index in [1.54, 1.807) is 6.07 Å². The first-order chi connectivity index (χ1) is 18.9. The molecule has 10 nitrogen and oxygen atoms in total. The number of aromatic nitrogens is 1. The molecule has 0 amide bonds. The predicted molar refractivity (Wildman–Crippen MR) is 149 cm³/mol. The summed E-state index contributed by atoms with van der Waals surface area (Å²) in [4.78, 5) is 23.5. The molecule has 200 valence electrons. The second kappa shape index (κ2) is 10.4. The summed E-state index contributed by atoms with van der Waals surface area (Å²) < 4.78 is 11.5. The van der Waals surface area contributed by atoms with Crippen LogP contribution in [0.1, 0.15) is 16.7 Å². The number of H-pyrrole nitrogens is 1. The number of non-ortho nitro benzene ring substituents is 1. The number of nitro benzene ring substituents is 1. The molecule has 1 aromatic heterocycles. The van der Waals surface area contributed by atoms with Crippen molar-refractivity contribution in [2.45, 2.75) is 6.54 Å². The largest absolute Gasteiger partial charge is 0.494 e. The number of hydrogen-bond acceptors (Lipinski definition) is 8. The van der Waals surface area contributed by atoms with Gasteiger partial charge in [0.25, 0.3) is 5.69 Å². The summed E-state index contributed by atoms with van der Waals surface area (Å²) >= 11 is 0. The van der Waals surface area contributed by atoms with Crippen molar-refractivity contribution >= 4 is 28.0 Å². The number of aromatic amines is 1. The molecule has 2 aliphatic rings. The van der Waals surface area contributed by atoms with E-state index in [-0.39, 0.29) is 11.6 Å². The van der Waals surface area contributed by atoms with Gasteiger partial charge in [0.2, 0.25) is 0 Å². The number of rotatable bonds is 6. The van der Waals surface area contributed by atoms with Crippen LogP contribution in [-0.2, 0) is 6.54 Å². The Balaban J connectivity index is 1.40. The van der Waals surface area contributed by atoms with Crippen LogP contribution in [0.4, 0.5) is 11.4 Å². The molecule has 4 aromatic rings. The molecular weight excluding hydrogens is 498 g/mol. The van der Waals surface area contributed by atoms with Gasteiger partial charge in [-0.05, 0) is 49.0 Å². The van der Waals surface area contributed by atoms with Crippen molar-refractivity contribution in [3.63, 3.8) is 0 Å². The zero-order valence-electron chi connectivity index (χ0n) is 21.6. The minimum Gasteiger partial charge on any atom is -0.494 e. The van der Waals surface area contributed by atoms with Crippen LogP contribution >= 0.6 is 0 Å². The maximum atomic E-state index is 11.3. The van der Waals surface area contributed by atoms with E-state index in [0.717, 1.165) is 44.0 Å². The summed E-state index contributed by atoms with van der Waals surface area (Å²) in [6.45, 7) is 6.03. The molecule has 0 atom stereocenters. The minimum atomic E-state index is -0.462. The van der Waals surface area contributed by atoms with Gasteiger partial charge >= 0.3 is 0 Å². The van der Waals surface area contributed by atoms with Gasteiger partial charge in [-0.25, -0.2) is 4.99 Å². The molecule has 39 heavy (non-hydrogen) atoms. The number of nitro groups is 1. The third kappa shape index (κ3) is 5.16. The van der Waals surface area contributed by atoms with E-state index in [1.807, 2.05) is 30.3 Å². The lowest BCUT2D eigenvalue weighted by Gasteiger charge is -2.32. The Hall–Kier alpha value is -4.41. The van der Waals surface area contributed by atoms with Crippen LogP contribution in [-0.4, -0.2) is 77.0 Å². The van der Waals surface area contributed by atoms with E-state index in [2.05, 4.69) is 34.0 Å².